The van der Waals surface area contributed by atoms with E-state index in [9.17, 15) is 0 Å². The lowest BCUT2D eigenvalue weighted by Gasteiger charge is -2.13. The molecule has 2 aromatic carbocycles. The van der Waals surface area contributed by atoms with Gasteiger partial charge in [0.25, 0.3) is 0 Å². The number of para-hydroxylation sites is 1. The molecule has 0 heterocycles. The molecule has 2 rings (SSSR count). The fourth-order valence-electron chi connectivity index (χ4n) is 2.01. The van der Waals surface area contributed by atoms with Crippen molar-refractivity contribution in [1.29, 1.82) is 0 Å². The van der Waals surface area contributed by atoms with Crippen molar-refractivity contribution in [2.75, 3.05) is 6.26 Å². The number of hydrogen-bond donors (Lipinski definition) is 1. The zero-order valence-corrected chi connectivity index (χ0v) is 13.9. The van der Waals surface area contributed by atoms with Gasteiger partial charge in [-0.3, -0.25) is 0 Å². The third-order valence-electron chi connectivity index (χ3n) is 3.33. The molecule has 4 heteroatoms. The van der Waals surface area contributed by atoms with Crippen molar-refractivity contribution in [3.63, 3.8) is 0 Å². The molecular formula is C17H20ClNOS. The first-order valence-corrected chi connectivity index (χ1v) is 8.59. The highest BCUT2D eigenvalue weighted by Gasteiger charge is 2.09. The Labute approximate surface area is 135 Å². The number of hydrogen-bond acceptors (Lipinski definition) is 3. The summed E-state index contributed by atoms with van der Waals surface area (Å²) in [5, 5.41) is 0.707. The van der Waals surface area contributed by atoms with Crippen LogP contribution in [0.25, 0.3) is 0 Å². The molecule has 0 fully saturated rings. The van der Waals surface area contributed by atoms with Gasteiger partial charge in [-0.25, -0.2) is 0 Å². The second-order valence-electron chi connectivity index (χ2n) is 4.88. The van der Waals surface area contributed by atoms with Crippen LogP contribution in [0.2, 0.25) is 5.02 Å². The predicted molar refractivity (Wildman–Crippen MR) is 91.7 cm³/mol. The summed E-state index contributed by atoms with van der Waals surface area (Å²) in [5.74, 6) is 1.59. The van der Waals surface area contributed by atoms with E-state index in [0.29, 0.717) is 5.02 Å². The van der Waals surface area contributed by atoms with Gasteiger partial charge in [0.2, 0.25) is 0 Å². The maximum atomic E-state index is 6.33. The number of thioether (sulfide) groups is 1. The van der Waals surface area contributed by atoms with Gasteiger partial charge in [0.05, 0.1) is 0 Å². The molecule has 0 saturated carbocycles. The van der Waals surface area contributed by atoms with E-state index in [1.807, 2.05) is 48.7 Å². The molecule has 112 valence electrons. The Kier molecular flexibility index (Phi) is 5.97. The third-order valence-corrected chi connectivity index (χ3v) is 4.46. The second-order valence-corrected chi connectivity index (χ2v) is 6.13. The van der Waals surface area contributed by atoms with Gasteiger partial charge in [-0.05, 0) is 48.9 Å². The van der Waals surface area contributed by atoms with Crippen molar-refractivity contribution in [3.05, 3.63) is 53.1 Å². The third kappa shape index (κ3) is 4.40. The summed E-state index contributed by atoms with van der Waals surface area (Å²) in [6, 6.07) is 13.9. The summed E-state index contributed by atoms with van der Waals surface area (Å²) in [6.45, 7) is 2.08. The first kappa shape index (κ1) is 16.2. The zero-order valence-electron chi connectivity index (χ0n) is 12.3. The average Bonchev–Trinajstić information content (AvgIpc) is 2.50. The topological polar surface area (TPSA) is 35.2 Å². The Morgan fingerprint density at radius 2 is 2.00 bits per heavy atom. The van der Waals surface area contributed by atoms with Crippen molar-refractivity contribution >= 4 is 23.4 Å². The molecule has 1 atom stereocenters. The van der Waals surface area contributed by atoms with Crippen LogP contribution in [0.3, 0.4) is 0 Å². The van der Waals surface area contributed by atoms with Gasteiger partial charge >= 0.3 is 0 Å². The van der Waals surface area contributed by atoms with Gasteiger partial charge in [0, 0.05) is 16.0 Å². The monoisotopic (exact) mass is 321 g/mol. The number of benzene rings is 2. The summed E-state index contributed by atoms with van der Waals surface area (Å²) in [7, 11) is 0. The molecule has 0 aliphatic carbocycles. The zero-order chi connectivity index (χ0) is 15.2. The summed E-state index contributed by atoms with van der Waals surface area (Å²) in [6.07, 6.45) is 3.76. The Balaban J connectivity index is 2.16. The van der Waals surface area contributed by atoms with E-state index in [0.717, 1.165) is 34.8 Å². The molecular weight excluding hydrogens is 302 g/mol. The van der Waals surface area contributed by atoms with Gasteiger partial charge in [-0.2, -0.15) is 0 Å². The van der Waals surface area contributed by atoms with Crippen LogP contribution in [0.15, 0.2) is 47.4 Å². The van der Waals surface area contributed by atoms with Crippen molar-refractivity contribution in [1.82, 2.24) is 0 Å². The van der Waals surface area contributed by atoms with Gasteiger partial charge in [0.15, 0.2) is 0 Å². The fourth-order valence-corrected chi connectivity index (χ4v) is 2.79. The maximum absolute atomic E-state index is 6.33. The first-order valence-electron chi connectivity index (χ1n) is 6.99. The molecule has 2 N–H and O–H groups in total. The van der Waals surface area contributed by atoms with Crippen molar-refractivity contribution in [2.24, 2.45) is 5.73 Å². The van der Waals surface area contributed by atoms with Crippen molar-refractivity contribution in [2.45, 2.75) is 30.7 Å². The van der Waals surface area contributed by atoms with E-state index in [4.69, 9.17) is 22.1 Å². The normalized spacial score (nSPS) is 12.2. The molecule has 0 amide bonds. The smallest absolute Gasteiger partial charge is 0.140 e. The summed E-state index contributed by atoms with van der Waals surface area (Å²) >= 11 is 7.99. The molecule has 0 aliphatic rings. The lowest BCUT2D eigenvalue weighted by molar-refractivity contribution is 0.471. The Morgan fingerprint density at radius 3 is 2.67 bits per heavy atom. The van der Waals surface area contributed by atoms with Crippen molar-refractivity contribution in [3.8, 4) is 11.5 Å². The minimum absolute atomic E-state index is 0.145. The van der Waals surface area contributed by atoms with E-state index in [1.54, 1.807) is 11.8 Å². The molecule has 21 heavy (non-hydrogen) atoms. The van der Waals surface area contributed by atoms with E-state index >= 15 is 0 Å². The standard InChI is InChI=1S/C17H20ClNOS/c1-3-13(19)10-12-8-9-14(11-15(12)18)20-16-6-4-5-7-17(16)21-2/h4-9,11,13H,3,10,19H2,1-2H3. The average molecular weight is 322 g/mol. The highest BCUT2D eigenvalue weighted by atomic mass is 35.5. The number of halogens is 1. The quantitative estimate of drug-likeness (QED) is 0.749. The highest BCUT2D eigenvalue weighted by molar-refractivity contribution is 7.98. The molecule has 0 bridgehead atoms. The van der Waals surface area contributed by atoms with Crippen molar-refractivity contribution < 1.29 is 4.74 Å². The van der Waals surface area contributed by atoms with Crippen LogP contribution in [0.4, 0.5) is 0 Å². The minimum Gasteiger partial charge on any atom is -0.456 e. The molecule has 0 saturated heterocycles. The van der Waals surface area contributed by atoms with E-state index in [-0.39, 0.29) is 6.04 Å². The summed E-state index contributed by atoms with van der Waals surface area (Å²) in [4.78, 5) is 1.10. The van der Waals surface area contributed by atoms with Crippen LogP contribution in [-0.4, -0.2) is 12.3 Å². The fraction of sp³-hybridized carbons (Fsp3) is 0.294. The molecule has 2 nitrogen and oxygen atoms in total. The first-order chi connectivity index (χ1) is 10.1. The van der Waals surface area contributed by atoms with Crippen LogP contribution in [-0.2, 0) is 6.42 Å². The lowest BCUT2D eigenvalue weighted by Crippen LogP contribution is -2.21. The number of rotatable bonds is 6. The Morgan fingerprint density at radius 1 is 1.24 bits per heavy atom. The minimum atomic E-state index is 0.145. The SMILES string of the molecule is CCC(N)Cc1ccc(Oc2ccccc2SC)cc1Cl. The van der Waals surface area contributed by atoms with Crippen LogP contribution in [0, 0.1) is 0 Å². The van der Waals surface area contributed by atoms with E-state index in [2.05, 4.69) is 6.92 Å². The molecule has 0 aromatic heterocycles. The summed E-state index contributed by atoms with van der Waals surface area (Å²) < 4.78 is 5.93. The number of ether oxygens (including phenoxy) is 1. The molecule has 0 aliphatic heterocycles. The van der Waals surface area contributed by atoms with Crippen LogP contribution < -0.4 is 10.5 Å². The molecule has 0 radical (unpaired) electrons. The van der Waals surface area contributed by atoms with Gasteiger partial charge < -0.3 is 10.5 Å². The Bertz CT molecular complexity index is 603. The highest BCUT2D eigenvalue weighted by Crippen LogP contribution is 2.33. The largest absolute Gasteiger partial charge is 0.456 e. The molecule has 2 aromatic rings. The Hall–Kier alpha value is -1.16. The van der Waals surface area contributed by atoms with Crippen LogP contribution in [0.1, 0.15) is 18.9 Å². The summed E-state index contributed by atoms with van der Waals surface area (Å²) in [5.41, 5.74) is 7.05. The van der Waals surface area contributed by atoms with Crippen LogP contribution >= 0.6 is 23.4 Å². The van der Waals surface area contributed by atoms with Crippen LogP contribution in [0.5, 0.6) is 11.5 Å². The molecule has 1 unspecified atom stereocenters. The van der Waals surface area contributed by atoms with Gasteiger partial charge in [0.1, 0.15) is 11.5 Å². The van der Waals surface area contributed by atoms with Gasteiger partial charge in [-0.1, -0.05) is 36.7 Å². The van der Waals surface area contributed by atoms with Gasteiger partial charge in [-0.15, -0.1) is 11.8 Å². The van der Waals surface area contributed by atoms with E-state index in [1.165, 1.54) is 0 Å². The maximum Gasteiger partial charge on any atom is 0.140 e. The predicted octanol–water partition coefficient (Wildman–Crippen LogP) is 5.13. The second kappa shape index (κ2) is 7.74. The molecule has 0 spiro atoms. The lowest BCUT2D eigenvalue weighted by atomic mass is 10.0. The van der Waals surface area contributed by atoms with E-state index < -0.39 is 0 Å². The number of nitrogens with two attached hydrogens (primary N) is 1.